The van der Waals surface area contributed by atoms with Gasteiger partial charge in [0, 0.05) is 24.8 Å². The topological polar surface area (TPSA) is 21.1 Å². The summed E-state index contributed by atoms with van der Waals surface area (Å²) in [5.74, 6) is 0. The van der Waals surface area contributed by atoms with Crippen molar-refractivity contribution in [3.05, 3.63) is 17.5 Å². The molecule has 1 aliphatic heterocycles. The number of hydrogen-bond acceptors (Lipinski definition) is 2. The Hall–Kier alpha value is -0.830. The van der Waals surface area contributed by atoms with Gasteiger partial charge in [-0.15, -0.1) is 0 Å². The largest absolute Gasteiger partial charge is 0.299 e. The van der Waals surface area contributed by atoms with E-state index >= 15 is 0 Å². The van der Waals surface area contributed by atoms with Crippen LogP contribution in [0.4, 0.5) is 0 Å². The predicted molar refractivity (Wildman–Crippen MR) is 57.1 cm³/mol. The lowest BCUT2D eigenvalue weighted by molar-refractivity contribution is 0.220. The van der Waals surface area contributed by atoms with Crippen LogP contribution in [0.3, 0.4) is 0 Å². The molecular weight excluding hydrogens is 174 g/mol. The maximum Gasteiger partial charge on any atom is 0.0537 e. The zero-order chi connectivity index (χ0) is 9.97. The van der Waals surface area contributed by atoms with Crippen LogP contribution in [0.2, 0.25) is 0 Å². The van der Waals surface area contributed by atoms with Crippen LogP contribution in [0, 0.1) is 6.92 Å². The average molecular weight is 193 g/mol. The molecule has 0 saturated carbocycles. The maximum atomic E-state index is 4.27. The smallest absolute Gasteiger partial charge is 0.0537 e. The fourth-order valence-electron chi connectivity index (χ4n) is 2.06. The molecule has 1 saturated heterocycles. The lowest BCUT2D eigenvalue weighted by Crippen LogP contribution is -2.29. The van der Waals surface area contributed by atoms with Crippen LogP contribution in [0.15, 0.2) is 6.20 Å². The Morgan fingerprint density at radius 3 is 2.57 bits per heavy atom. The summed E-state index contributed by atoms with van der Waals surface area (Å²) < 4.78 is 1.96. The molecule has 0 N–H and O–H groups in total. The molecule has 0 unspecified atom stereocenters. The molecule has 3 heteroatoms. The molecule has 0 radical (unpaired) electrons. The van der Waals surface area contributed by atoms with Gasteiger partial charge >= 0.3 is 0 Å². The number of piperidine rings is 1. The van der Waals surface area contributed by atoms with Crippen molar-refractivity contribution in [1.29, 1.82) is 0 Å². The van der Waals surface area contributed by atoms with Crippen molar-refractivity contribution in [3.8, 4) is 0 Å². The van der Waals surface area contributed by atoms with Crippen molar-refractivity contribution >= 4 is 0 Å². The second-order valence-electron chi connectivity index (χ2n) is 4.22. The summed E-state index contributed by atoms with van der Waals surface area (Å²) in [4.78, 5) is 2.54. The van der Waals surface area contributed by atoms with Gasteiger partial charge in [0.25, 0.3) is 0 Å². The summed E-state index contributed by atoms with van der Waals surface area (Å²) in [6.45, 7) is 5.74. The van der Waals surface area contributed by atoms with E-state index < -0.39 is 0 Å². The minimum atomic E-state index is 1.08. The molecule has 1 aromatic heterocycles. The van der Waals surface area contributed by atoms with Crippen LogP contribution in [-0.2, 0) is 13.6 Å². The van der Waals surface area contributed by atoms with E-state index in [-0.39, 0.29) is 0 Å². The van der Waals surface area contributed by atoms with Gasteiger partial charge in [-0.25, -0.2) is 0 Å². The van der Waals surface area contributed by atoms with Crippen LogP contribution in [0.5, 0.6) is 0 Å². The Labute approximate surface area is 85.7 Å². The van der Waals surface area contributed by atoms with Gasteiger partial charge in [-0.1, -0.05) is 6.42 Å². The Morgan fingerprint density at radius 1 is 1.29 bits per heavy atom. The quantitative estimate of drug-likeness (QED) is 0.713. The SMILES string of the molecule is Cc1c(CN2CCCCC2)cnn1C. The van der Waals surface area contributed by atoms with Gasteiger partial charge in [-0.3, -0.25) is 9.58 Å². The number of hydrogen-bond donors (Lipinski definition) is 0. The number of aryl methyl sites for hydroxylation is 1. The molecule has 1 aromatic rings. The van der Waals surface area contributed by atoms with Gasteiger partial charge in [-0.05, 0) is 32.9 Å². The molecule has 0 aliphatic carbocycles. The Kier molecular flexibility index (Phi) is 2.87. The highest BCUT2D eigenvalue weighted by Crippen LogP contribution is 2.14. The van der Waals surface area contributed by atoms with Crippen molar-refractivity contribution in [3.63, 3.8) is 0 Å². The third-order valence-corrected chi connectivity index (χ3v) is 3.18. The normalized spacial score (nSPS) is 18.7. The van der Waals surface area contributed by atoms with Gasteiger partial charge in [0.2, 0.25) is 0 Å². The fourth-order valence-corrected chi connectivity index (χ4v) is 2.06. The summed E-state index contributed by atoms with van der Waals surface area (Å²) >= 11 is 0. The van der Waals surface area contributed by atoms with Crippen LogP contribution in [0.25, 0.3) is 0 Å². The minimum Gasteiger partial charge on any atom is -0.299 e. The van der Waals surface area contributed by atoms with Crippen molar-refractivity contribution < 1.29 is 0 Å². The lowest BCUT2D eigenvalue weighted by Gasteiger charge is -2.26. The summed E-state index contributed by atoms with van der Waals surface area (Å²) in [7, 11) is 2.01. The summed E-state index contributed by atoms with van der Waals surface area (Å²) in [5.41, 5.74) is 2.69. The van der Waals surface area contributed by atoms with Gasteiger partial charge in [0.05, 0.1) is 6.20 Å². The molecule has 0 bridgehead atoms. The third kappa shape index (κ3) is 1.98. The Morgan fingerprint density at radius 2 is 2.00 bits per heavy atom. The van der Waals surface area contributed by atoms with E-state index in [1.807, 2.05) is 17.9 Å². The molecule has 14 heavy (non-hydrogen) atoms. The van der Waals surface area contributed by atoms with E-state index in [0.717, 1.165) is 6.54 Å². The average Bonchev–Trinajstić information content (AvgIpc) is 2.52. The van der Waals surface area contributed by atoms with Gasteiger partial charge in [0.15, 0.2) is 0 Å². The van der Waals surface area contributed by atoms with Gasteiger partial charge in [-0.2, -0.15) is 5.10 Å². The second kappa shape index (κ2) is 4.13. The molecule has 1 aliphatic rings. The van der Waals surface area contributed by atoms with Gasteiger partial charge in [0.1, 0.15) is 0 Å². The Bertz CT molecular complexity index is 297. The first-order chi connectivity index (χ1) is 6.77. The maximum absolute atomic E-state index is 4.27. The second-order valence-corrected chi connectivity index (χ2v) is 4.22. The van der Waals surface area contributed by atoms with Crippen LogP contribution in [0.1, 0.15) is 30.5 Å². The highest BCUT2D eigenvalue weighted by molar-refractivity contribution is 5.15. The van der Waals surface area contributed by atoms with Gasteiger partial charge < -0.3 is 0 Å². The van der Waals surface area contributed by atoms with E-state index in [0.29, 0.717) is 0 Å². The molecule has 1 fully saturated rings. The predicted octanol–water partition coefficient (Wildman–Crippen LogP) is 1.71. The van der Waals surface area contributed by atoms with Crippen LogP contribution in [-0.4, -0.2) is 27.8 Å². The molecule has 0 spiro atoms. The fraction of sp³-hybridized carbons (Fsp3) is 0.727. The molecule has 2 rings (SSSR count). The van der Waals surface area contributed by atoms with Crippen LogP contribution < -0.4 is 0 Å². The van der Waals surface area contributed by atoms with Crippen molar-refractivity contribution in [1.82, 2.24) is 14.7 Å². The van der Waals surface area contributed by atoms with E-state index in [4.69, 9.17) is 0 Å². The van der Waals surface area contributed by atoms with Crippen molar-refractivity contribution in [2.45, 2.75) is 32.7 Å². The van der Waals surface area contributed by atoms with E-state index in [9.17, 15) is 0 Å². The minimum absolute atomic E-state index is 1.08. The zero-order valence-electron chi connectivity index (χ0n) is 9.16. The standard InChI is InChI=1S/C11H19N3/c1-10-11(8-12-13(10)2)9-14-6-4-3-5-7-14/h8H,3-7,9H2,1-2H3. The molecule has 0 atom stereocenters. The molecular formula is C11H19N3. The number of rotatable bonds is 2. The first-order valence-corrected chi connectivity index (χ1v) is 5.47. The highest BCUT2D eigenvalue weighted by Gasteiger charge is 2.12. The zero-order valence-corrected chi connectivity index (χ0v) is 9.16. The Balaban J connectivity index is 1.99. The number of likely N-dealkylation sites (tertiary alicyclic amines) is 1. The summed E-state index contributed by atoms with van der Waals surface area (Å²) in [5, 5.41) is 4.27. The number of aromatic nitrogens is 2. The number of nitrogens with zero attached hydrogens (tertiary/aromatic N) is 3. The van der Waals surface area contributed by atoms with E-state index in [2.05, 4.69) is 16.9 Å². The first kappa shape index (κ1) is 9.71. The molecule has 2 heterocycles. The third-order valence-electron chi connectivity index (χ3n) is 3.18. The van der Waals surface area contributed by atoms with Crippen molar-refractivity contribution in [2.24, 2.45) is 7.05 Å². The molecule has 3 nitrogen and oxygen atoms in total. The molecule has 0 amide bonds. The highest BCUT2D eigenvalue weighted by atomic mass is 15.3. The molecule has 78 valence electrons. The monoisotopic (exact) mass is 193 g/mol. The molecule has 0 aromatic carbocycles. The summed E-state index contributed by atoms with van der Waals surface area (Å²) in [6.07, 6.45) is 6.13. The first-order valence-electron chi connectivity index (χ1n) is 5.47. The van der Waals surface area contributed by atoms with E-state index in [1.165, 1.54) is 43.6 Å². The van der Waals surface area contributed by atoms with E-state index in [1.54, 1.807) is 0 Å². The lowest BCUT2D eigenvalue weighted by atomic mass is 10.1. The summed E-state index contributed by atoms with van der Waals surface area (Å²) in [6, 6.07) is 0. The van der Waals surface area contributed by atoms with Crippen LogP contribution >= 0.6 is 0 Å². The van der Waals surface area contributed by atoms with Crippen molar-refractivity contribution in [2.75, 3.05) is 13.1 Å².